The van der Waals surface area contributed by atoms with Crippen molar-refractivity contribution in [1.82, 2.24) is 10.2 Å². The molecule has 0 aliphatic rings. The molecule has 1 N–H and O–H groups in total. The van der Waals surface area contributed by atoms with E-state index in [4.69, 9.17) is 4.74 Å². The maximum Gasteiger partial charge on any atom is 0.407 e. The van der Waals surface area contributed by atoms with Gasteiger partial charge in [0.2, 0.25) is 5.91 Å². The molecule has 0 heterocycles. The number of Topliss-reactive ketones (excluding diaryl/α,β-unsaturated/α-hetero) is 1. The summed E-state index contributed by atoms with van der Waals surface area (Å²) in [7, 11) is 1.19. The number of methoxy groups -OCH3 is 1. The van der Waals surface area contributed by atoms with Gasteiger partial charge in [0.1, 0.15) is 12.6 Å². The van der Waals surface area contributed by atoms with E-state index in [2.05, 4.69) is 32.6 Å². The summed E-state index contributed by atoms with van der Waals surface area (Å²) in [6.07, 6.45) is -0.148. The van der Waals surface area contributed by atoms with Crippen LogP contribution in [0.2, 0.25) is 0 Å². The second-order valence-corrected chi connectivity index (χ2v) is 8.59. The smallest absolute Gasteiger partial charge is 0.407 e. The molecule has 2 rings (SSSR count). The zero-order chi connectivity index (χ0) is 26.7. The Morgan fingerprint density at radius 2 is 1.56 bits per heavy atom. The number of nitrogens with zero attached hydrogens (tertiary/aromatic N) is 1. The number of hydrogen-bond donors (Lipinski definition) is 1. The van der Waals surface area contributed by atoms with E-state index in [0.29, 0.717) is 23.9 Å². The highest BCUT2D eigenvalue weighted by Crippen LogP contribution is 2.23. The first-order valence-electron chi connectivity index (χ1n) is 11.5. The summed E-state index contributed by atoms with van der Waals surface area (Å²) < 4.78 is 9.65. The SMILES string of the molecule is C=C(CBr)c1ccc(-c2ccc(C(=O)COC(=O)C(C)N(CCC)C(=O)CNC(=O)OC)cc2)cc1. The Morgan fingerprint density at radius 1 is 1.00 bits per heavy atom. The van der Waals surface area contributed by atoms with E-state index in [1.54, 1.807) is 12.1 Å². The summed E-state index contributed by atoms with van der Waals surface area (Å²) >= 11 is 3.40. The Labute approximate surface area is 219 Å². The quantitative estimate of drug-likeness (QED) is 0.234. The number of carbonyl (C=O) groups is 4. The van der Waals surface area contributed by atoms with Crippen molar-refractivity contribution in [3.63, 3.8) is 0 Å². The van der Waals surface area contributed by atoms with Crippen molar-refractivity contribution in [2.45, 2.75) is 26.3 Å². The van der Waals surface area contributed by atoms with Crippen LogP contribution in [0.25, 0.3) is 16.7 Å². The van der Waals surface area contributed by atoms with Gasteiger partial charge in [0.05, 0.1) is 7.11 Å². The van der Waals surface area contributed by atoms with Gasteiger partial charge < -0.3 is 19.7 Å². The van der Waals surface area contributed by atoms with Crippen LogP contribution in [0.5, 0.6) is 0 Å². The fourth-order valence-corrected chi connectivity index (χ4v) is 3.71. The Balaban J connectivity index is 1.96. The topological polar surface area (TPSA) is 102 Å². The minimum Gasteiger partial charge on any atom is -0.456 e. The maximum absolute atomic E-state index is 12.6. The third-order valence-electron chi connectivity index (χ3n) is 5.50. The summed E-state index contributed by atoms with van der Waals surface area (Å²) in [5, 5.41) is 3.00. The zero-order valence-corrected chi connectivity index (χ0v) is 22.3. The number of nitrogens with one attached hydrogen (secondary N) is 1. The molecule has 0 saturated carbocycles. The van der Waals surface area contributed by atoms with Gasteiger partial charge in [-0.1, -0.05) is 78.0 Å². The number of hydrogen-bond acceptors (Lipinski definition) is 6. The molecule has 0 aromatic heterocycles. The molecule has 192 valence electrons. The number of ketones is 1. The molecule has 2 amide bonds. The molecule has 0 fully saturated rings. The van der Waals surface area contributed by atoms with Crippen LogP contribution in [-0.4, -0.2) is 66.8 Å². The van der Waals surface area contributed by atoms with Gasteiger partial charge in [-0.25, -0.2) is 9.59 Å². The first-order valence-corrected chi connectivity index (χ1v) is 12.6. The standard InChI is InChI=1S/C27H31BrN2O6/c1-5-14-30(25(32)16-29-27(34)35-4)19(3)26(33)36-17-24(31)23-12-10-22(11-13-23)21-8-6-20(7-9-21)18(2)15-28/h6-13,19H,2,5,14-17H2,1,3-4H3,(H,29,34). The van der Waals surface area contributed by atoms with Gasteiger partial charge in [-0.05, 0) is 35.6 Å². The number of alkyl halides is 1. The molecule has 0 aliphatic carbocycles. The van der Waals surface area contributed by atoms with Crippen LogP contribution < -0.4 is 5.32 Å². The van der Waals surface area contributed by atoms with Gasteiger partial charge in [-0.15, -0.1) is 0 Å². The predicted octanol–water partition coefficient (Wildman–Crippen LogP) is 4.47. The van der Waals surface area contributed by atoms with Crippen molar-refractivity contribution >= 4 is 45.3 Å². The van der Waals surface area contributed by atoms with Crippen molar-refractivity contribution in [1.29, 1.82) is 0 Å². The van der Waals surface area contributed by atoms with Crippen molar-refractivity contribution in [3.05, 3.63) is 66.2 Å². The lowest BCUT2D eigenvalue weighted by Gasteiger charge is -2.27. The minimum absolute atomic E-state index is 0.290. The largest absolute Gasteiger partial charge is 0.456 e. The van der Waals surface area contributed by atoms with Gasteiger partial charge in [0.25, 0.3) is 0 Å². The Hall–Kier alpha value is -3.46. The summed E-state index contributed by atoms with van der Waals surface area (Å²) in [6, 6.07) is 14.1. The van der Waals surface area contributed by atoms with E-state index in [0.717, 1.165) is 22.3 Å². The van der Waals surface area contributed by atoms with Crippen LogP contribution in [0.3, 0.4) is 0 Å². The van der Waals surface area contributed by atoms with Gasteiger partial charge in [-0.2, -0.15) is 0 Å². The minimum atomic E-state index is -0.921. The van der Waals surface area contributed by atoms with Crippen LogP contribution in [0, 0.1) is 0 Å². The summed E-state index contributed by atoms with van der Waals surface area (Å²) in [5.74, 6) is -1.52. The lowest BCUT2D eigenvalue weighted by molar-refractivity contribution is -0.153. The molecular formula is C27H31BrN2O6. The number of carbonyl (C=O) groups excluding carboxylic acids is 4. The van der Waals surface area contributed by atoms with Crippen molar-refractivity contribution in [2.24, 2.45) is 0 Å². The normalized spacial score (nSPS) is 11.2. The van der Waals surface area contributed by atoms with Crippen molar-refractivity contribution < 1.29 is 28.7 Å². The second kappa shape index (κ2) is 14.2. The van der Waals surface area contributed by atoms with Gasteiger partial charge in [0.15, 0.2) is 12.4 Å². The molecule has 0 radical (unpaired) electrons. The van der Waals surface area contributed by atoms with E-state index in [-0.39, 0.29) is 12.3 Å². The Bertz CT molecular complexity index is 1080. The fourth-order valence-electron chi connectivity index (χ4n) is 3.39. The molecule has 8 nitrogen and oxygen atoms in total. The van der Waals surface area contributed by atoms with E-state index in [9.17, 15) is 19.2 Å². The monoisotopic (exact) mass is 558 g/mol. The third kappa shape index (κ3) is 8.05. The van der Waals surface area contributed by atoms with Gasteiger partial charge in [0, 0.05) is 17.4 Å². The number of halogens is 1. The molecule has 1 unspecified atom stereocenters. The van der Waals surface area contributed by atoms with Crippen LogP contribution in [-0.2, 0) is 19.1 Å². The van der Waals surface area contributed by atoms with Gasteiger partial charge >= 0.3 is 12.1 Å². The fraction of sp³-hybridized carbons (Fsp3) is 0.333. The Kier molecular flexibility index (Phi) is 11.3. The Morgan fingerprint density at radius 3 is 2.06 bits per heavy atom. The summed E-state index contributed by atoms with van der Waals surface area (Å²) in [4.78, 5) is 50.1. The van der Waals surface area contributed by atoms with Gasteiger partial charge in [-0.3, -0.25) is 9.59 Å². The number of rotatable bonds is 12. The van der Waals surface area contributed by atoms with Crippen molar-refractivity contribution in [3.8, 4) is 11.1 Å². The molecule has 36 heavy (non-hydrogen) atoms. The third-order valence-corrected chi connectivity index (χ3v) is 6.18. The average Bonchev–Trinajstić information content (AvgIpc) is 2.92. The highest BCUT2D eigenvalue weighted by Gasteiger charge is 2.27. The molecule has 2 aromatic carbocycles. The first kappa shape index (κ1) is 28.8. The van der Waals surface area contributed by atoms with E-state index >= 15 is 0 Å². The van der Waals surface area contributed by atoms with Crippen LogP contribution in [0.15, 0.2) is 55.1 Å². The number of ether oxygens (including phenoxy) is 2. The highest BCUT2D eigenvalue weighted by atomic mass is 79.9. The van der Waals surface area contributed by atoms with E-state index < -0.39 is 30.6 Å². The second-order valence-electron chi connectivity index (χ2n) is 8.03. The van der Waals surface area contributed by atoms with Crippen LogP contribution in [0.4, 0.5) is 4.79 Å². The maximum atomic E-state index is 12.6. The highest BCUT2D eigenvalue weighted by molar-refractivity contribution is 9.09. The molecule has 0 bridgehead atoms. The molecule has 0 saturated heterocycles. The lowest BCUT2D eigenvalue weighted by Crippen LogP contribution is -2.48. The number of benzene rings is 2. The van der Waals surface area contributed by atoms with Crippen molar-refractivity contribution in [2.75, 3.05) is 32.1 Å². The summed E-state index contributed by atoms with van der Waals surface area (Å²) in [5.41, 5.74) is 4.40. The van der Waals surface area contributed by atoms with E-state index in [1.165, 1.54) is 18.9 Å². The number of allylic oxidation sites excluding steroid dienone is 1. The molecule has 1 atom stereocenters. The molecule has 0 spiro atoms. The molecule has 0 aliphatic heterocycles. The average molecular weight is 559 g/mol. The van der Waals surface area contributed by atoms with E-state index in [1.807, 2.05) is 43.3 Å². The predicted molar refractivity (Wildman–Crippen MR) is 142 cm³/mol. The van der Waals surface area contributed by atoms with Crippen LogP contribution in [0.1, 0.15) is 36.2 Å². The molecule has 9 heteroatoms. The molecular weight excluding hydrogens is 528 g/mol. The zero-order valence-electron chi connectivity index (χ0n) is 20.7. The molecule has 2 aromatic rings. The number of amides is 2. The lowest BCUT2D eigenvalue weighted by atomic mass is 10.00. The first-order chi connectivity index (χ1) is 17.2. The summed E-state index contributed by atoms with van der Waals surface area (Å²) in [6.45, 7) is 6.91. The van der Waals surface area contributed by atoms with Crippen LogP contribution >= 0.6 is 15.9 Å². The number of alkyl carbamates (subject to hydrolysis) is 1. The number of esters is 1.